The Morgan fingerprint density at radius 1 is 1.41 bits per heavy atom. The molecule has 0 saturated carbocycles. The molecule has 90 valence electrons. The molecule has 0 aliphatic heterocycles. The molecule has 1 atom stereocenters. The van der Waals surface area contributed by atoms with E-state index in [4.69, 9.17) is 10.3 Å². The Kier molecular flexibility index (Phi) is 3.19. The van der Waals surface area contributed by atoms with Crippen LogP contribution in [0.15, 0.2) is 22.7 Å². The molecule has 1 aromatic heterocycles. The van der Waals surface area contributed by atoms with Gasteiger partial charge in [0, 0.05) is 5.56 Å². The molecule has 5 heteroatoms. The van der Waals surface area contributed by atoms with Gasteiger partial charge >= 0.3 is 0 Å². The minimum absolute atomic E-state index is 0.272. The van der Waals surface area contributed by atoms with Crippen LogP contribution in [0.2, 0.25) is 0 Å². The highest BCUT2D eigenvalue weighted by atomic mass is 19.1. The zero-order valence-corrected chi connectivity index (χ0v) is 9.77. The normalized spacial score (nSPS) is 12.7. The van der Waals surface area contributed by atoms with Gasteiger partial charge in [0.05, 0.1) is 6.04 Å². The molecule has 0 fully saturated rings. The van der Waals surface area contributed by atoms with Crippen LogP contribution in [-0.4, -0.2) is 10.1 Å². The van der Waals surface area contributed by atoms with Crippen molar-refractivity contribution in [2.24, 2.45) is 5.73 Å². The summed E-state index contributed by atoms with van der Waals surface area (Å²) in [5, 5.41) is 3.80. The van der Waals surface area contributed by atoms with E-state index in [0.29, 0.717) is 23.7 Å². The molecule has 2 aromatic rings. The maximum atomic E-state index is 13.2. The van der Waals surface area contributed by atoms with Crippen LogP contribution >= 0.6 is 0 Å². The van der Waals surface area contributed by atoms with Crippen molar-refractivity contribution in [2.75, 3.05) is 0 Å². The minimum atomic E-state index is -0.314. The molecule has 0 unspecified atom stereocenters. The summed E-state index contributed by atoms with van der Waals surface area (Å²) in [6, 6.07) is 4.35. The van der Waals surface area contributed by atoms with Gasteiger partial charge in [0.1, 0.15) is 5.82 Å². The fourth-order valence-electron chi connectivity index (χ4n) is 1.54. The second-order valence-corrected chi connectivity index (χ2v) is 3.99. The van der Waals surface area contributed by atoms with Crippen molar-refractivity contribution in [3.63, 3.8) is 0 Å². The highest BCUT2D eigenvalue weighted by molar-refractivity contribution is 5.55. The highest BCUT2D eigenvalue weighted by Gasteiger charge is 2.14. The largest absolute Gasteiger partial charge is 0.337 e. The van der Waals surface area contributed by atoms with Crippen molar-refractivity contribution in [2.45, 2.75) is 26.3 Å². The van der Waals surface area contributed by atoms with E-state index in [1.54, 1.807) is 6.07 Å². The molecule has 17 heavy (non-hydrogen) atoms. The van der Waals surface area contributed by atoms with Crippen LogP contribution < -0.4 is 5.73 Å². The van der Waals surface area contributed by atoms with Gasteiger partial charge in [-0.1, -0.05) is 12.1 Å². The Balaban J connectivity index is 2.36. The van der Waals surface area contributed by atoms with Crippen molar-refractivity contribution in [3.8, 4) is 11.4 Å². The summed E-state index contributed by atoms with van der Waals surface area (Å²) < 4.78 is 18.3. The number of hydrogen-bond donors (Lipinski definition) is 1. The maximum Gasteiger partial charge on any atom is 0.243 e. The second kappa shape index (κ2) is 4.63. The summed E-state index contributed by atoms with van der Waals surface area (Å²) in [6.45, 7) is 3.74. The molecular weight excluding hydrogens is 221 g/mol. The van der Waals surface area contributed by atoms with E-state index in [2.05, 4.69) is 10.1 Å². The van der Waals surface area contributed by atoms with E-state index in [1.165, 1.54) is 12.1 Å². The van der Waals surface area contributed by atoms with E-state index in [0.717, 1.165) is 5.56 Å². The first-order valence-electron chi connectivity index (χ1n) is 5.47. The number of aryl methyl sites for hydroxylation is 1. The average molecular weight is 235 g/mol. The molecule has 0 saturated heterocycles. The van der Waals surface area contributed by atoms with Gasteiger partial charge < -0.3 is 10.3 Å². The summed E-state index contributed by atoms with van der Waals surface area (Å²) in [6.07, 6.45) is 0.712. The van der Waals surface area contributed by atoms with Gasteiger partial charge in [0.2, 0.25) is 11.7 Å². The first-order valence-corrected chi connectivity index (χ1v) is 5.47. The first kappa shape index (κ1) is 11.7. The Morgan fingerprint density at radius 2 is 2.18 bits per heavy atom. The van der Waals surface area contributed by atoms with Crippen LogP contribution in [0.1, 0.15) is 30.8 Å². The number of hydrogen-bond acceptors (Lipinski definition) is 4. The smallest absolute Gasteiger partial charge is 0.243 e. The zero-order valence-electron chi connectivity index (χ0n) is 9.77. The number of benzene rings is 1. The van der Waals surface area contributed by atoms with E-state index < -0.39 is 0 Å². The van der Waals surface area contributed by atoms with Crippen molar-refractivity contribution < 1.29 is 8.91 Å². The van der Waals surface area contributed by atoms with Gasteiger partial charge in [-0.15, -0.1) is 0 Å². The summed E-state index contributed by atoms with van der Waals surface area (Å²) in [5.74, 6) is 0.432. The second-order valence-electron chi connectivity index (χ2n) is 3.99. The van der Waals surface area contributed by atoms with Crippen LogP contribution in [0.4, 0.5) is 4.39 Å². The quantitative estimate of drug-likeness (QED) is 0.888. The molecule has 0 spiro atoms. The Labute approximate surface area is 98.6 Å². The van der Waals surface area contributed by atoms with E-state index in [1.807, 2.05) is 13.8 Å². The van der Waals surface area contributed by atoms with Crippen molar-refractivity contribution in [1.29, 1.82) is 0 Å². The molecule has 2 N–H and O–H groups in total. The zero-order chi connectivity index (χ0) is 12.4. The number of nitrogens with zero attached hydrogens (tertiary/aromatic N) is 2. The minimum Gasteiger partial charge on any atom is -0.337 e. The molecule has 2 rings (SSSR count). The van der Waals surface area contributed by atoms with Gasteiger partial charge in [-0.2, -0.15) is 4.98 Å². The first-order chi connectivity index (χ1) is 8.10. The van der Waals surface area contributed by atoms with E-state index >= 15 is 0 Å². The van der Waals surface area contributed by atoms with Crippen LogP contribution in [0.3, 0.4) is 0 Å². The molecule has 1 aromatic carbocycles. The molecule has 0 radical (unpaired) electrons. The highest BCUT2D eigenvalue weighted by Crippen LogP contribution is 2.21. The SMILES string of the molecule is CC[C@H](N)c1nc(-c2cc(C)cc(F)c2)no1. The topological polar surface area (TPSA) is 64.9 Å². The fourth-order valence-corrected chi connectivity index (χ4v) is 1.54. The van der Waals surface area contributed by atoms with Crippen molar-refractivity contribution >= 4 is 0 Å². The summed E-state index contributed by atoms with van der Waals surface area (Å²) in [4.78, 5) is 4.16. The molecule has 0 aliphatic carbocycles. The van der Waals surface area contributed by atoms with Crippen LogP contribution in [-0.2, 0) is 0 Å². The fraction of sp³-hybridized carbons (Fsp3) is 0.333. The van der Waals surface area contributed by atoms with E-state index in [-0.39, 0.29) is 11.9 Å². The Hall–Kier alpha value is -1.75. The van der Waals surface area contributed by atoms with Gasteiger partial charge in [0.15, 0.2) is 0 Å². The maximum absolute atomic E-state index is 13.2. The van der Waals surface area contributed by atoms with Gasteiger partial charge in [-0.25, -0.2) is 4.39 Å². The Morgan fingerprint density at radius 3 is 2.82 bits per heavy atom. The lowest BCUT2D eigenvalue weighted by atomic mass is 10.1. The predicted molar refractivity (Wildman–Crippen MR) is 61.6 cm³/mol. The van der Waals surface area contributed by atoms with Crippen LogP contribution in [0, 0.1) is 12.7 Å². The lowest BCUT2D eigenvalue weighted by molar-refractivity contribution is 0.352. The van der Waals surface area contributed by atoms with Gasteiger partial charge in [-0.3, -0.25) is 0 Å². The number of nitrogens with two attached hydrogens (primary N) is 1. The third-order valence-corrected chi connectivity index (χ3v) is 2.50. The van der Waals surface area contributed by atoms with Gasteiger partial charge in [0.25, 0.3) is 0 Å². The monoisotopic (exact) mass is 235 g/mol. The third kappa shape index (κ3) is 2.50. The molecule has 1 heterocycles. The molecule has 0 aliphatic rings. The summed E-state index contributed by atoms with van der Waals surface area (Å²) in [7, 11) is 0. The Bertz CT molecular complexity index is 504. The number of halogens is 1. The van der Waals surface area contributed by atoms with Gasteiger partial charge in [-0.05, 0) is 37.1 Å². The lowest BCUT2D eigenvalue weighted by Crippen LogP contribution is -2.08. The lowest BCUT2D eigenvalue weighted by Gasteiger charge is -1.99. The van der Waals surface area contributed by atoms with Crippen LogP contribution in [0.25, 0.3) is 11.4 Å². The summed E-state index contributed by atoms with van der Waals surface area (Å²) >= 11 is 0. The standard InChI is InChI=1S/C12H14FN3O/c1-3-10(14)12-15-11(16-17-12)8-4-7(2)5-9(13)6-8/h4-6,10H,3,14H2,1-2H3/t10-/m0/s1. The predicted octanol–water partition coefficient (Wildman–Crippen LogP) is 2.59. The average Bonchev–Trinajstić information content (AvgIpc) is 2.76. The van der Waals surface area contributed by atoms with Crippen molar-refractivity contribution in [3.05, 3.63) is 35.5 Å². The van der Waals surface area contributed by atoms with E-state index in [9.17, 15) is 4.39 Å². The van der Waals surface area contributed by atoms with Crippen molar-refractivity contribution in [1.82, 2.24) is 10.1 Å². The summed E-state index contributed by atoms with van der Waals surface area (Å²) in [5.41, 5.74) is 7.18. The molecule has 0 bridgehead atoms. The number of aromatic nitrogens is 2. The number of rotatable bonds is 3. The third-order valence-electron chi connectivity index (χ3n) is 2.50. The molecule has 0 amide bonds. The molecular formula is C12H14FN3O. The molecule has 4 nitrogen and oxygen atoms in total. The van der Waals surface area contributed by atoms with Crippen LogP contribution in [0.5, 0.6) is 0 Å².